The van der Waals surface area contributed by atoms with Crippen molar-refractivity contribution >= 4 is 11.6 Å². The number of hydrogen-bond donors (Lipinski definition) is 0. The fraction of sp³-hybridized carbons (Fsp3) is 0.143. The van der Waals surface area contributed by atoms with Crippen molar-refractivity contribution in [2.24, 2.45) is 0 Å². The minimum Gasteiger partial charge on any atom is -0.0843 e. The molecule has 2 aromatic rings. The largest absolute Gasteiger partial charge is 0.0843 e. The van der Waals surface area contributed by atoms with E-state index in [0.717, 1.165) is 17.9 Å². The summed E-state index contributed by atoms with van der Waals surface area (Å²) in [6.07, 6.45) is 2.12. The van der Waals surface area contributed by atoms with Gasteiger partial charge in [0.25, 0.3) is 0 Å². The average Bonchev–Trinajstić information content (AvgIpc) is 2.72. The second kappa shape index (κ2) is 2.45. The van der Waals surface area contributed by atoms with Crippen LogP contribution in [-0.2, 0) is 12.8 Å². The van der Waals surface area contributed by atoms with E-state index in [1.807, 2.05) is 0 Å². The van der Waals surface area contributed by atoms with E-state index in [1.54, 1.807) is 0 Å². The van der Waals surface area contributed by atoms with Crippen LogP contribution < -0.4 is 0 Å². The molecule has 0 radical (unpaired) electrons. The zero-order valence-electron chi connectivity index (χ0n) is 8.18. The lowest BCUT2D eigenvalue weighted by Crippen LogP contribution is -1.88. The van der Waals surface area contributed by atoms with Gasteiger partial charge in [-0.15, -0.1) is 0 Å². The molecule has 0 saturated carbocycles. The molecule has 0 atom stereocenters. The lowest BCUT2D eigenvalue weighted by Gasteiger charge is -2.03. The third-order valence-corrected chi connectivity index (χ3v) is 3.73. The van der Waals surface area contributed by atoms with Crippen LogP contribution in [0.5, 0.6) is 0 Å². The Hall–Kier alpha value is -1.27. The number of hydrogen-bond acceptors (Lipinski definition) is 0. The van der Waals surface area contributed by atoms with Gasteiger partial charge >= 0.3 is 0 Å². The Morgan fingerprint density at radius 1 is 0.800 bits per heavy atom. The van der Waals surface area contributed by atoms with Crippen molar-refractivity contribution in [2.75, 3.05) is 0 Å². The summed E-state index contributed by atoms with van der Waals surface area (Å²) in [5, 5.41) is 0.884. The molecule has 0 aromatic heterocycles. The maximum Gasteiger partial charge on any atom is 0.0412 e. The third-order valence-electron chi connectivity index (χ3n) is 3.52. The molecule has 0 nitrogen and oxygen atoms in total. The van der Waals surface area contributed by atoms with Crippen LogP contribution in [0.2, 0.25) is 5.02 Å². The standard InChI is InChI=1S/C14H9Cl/c15-12-6-10-4-8-2-1-3-9-5-11(7-12)14(10)13(8)9/h1-3,6-7H,4-5H2. The van der Waals surface area contributed by atoms with Gasteiger partial charge in [0.1, 0.15) is 0 Å². The molecule has 4 rings (SSSR count). The molecule has 0 N–H and O–H groups in total. The quantitative estimate of drug-likeness (QED) is 0.416. The summed E-state index contributed by atoms with van der Waals surface area (Å²) in [4.78, 5) is 0. The first-order valence-electron chi connectivity index (χ1n) is 5.25. The van der Waals surface area contributed by atoms with Crippen LogP contribution in [0.15, 0.2) is 30.3 Å². The second-order valence-corrected chi connectivity index (χ2v) is 4.84. The summed E-state index contributed by atoms with van der Waals surface area (Å²) in [6.45, 7) is 0. The third kappa shape index (κ3) is 0.883. The summed E-state index contributed by atoms with van der Waals surface area (Å²) in [7, 11) is 0. The van der Waals surface area contributed by atoms with Gasteiger partial charge in [-0.1, -0.05) is 29.8 Å². The van der Waals surface area contributed by atoms with Crippen molar-refractivity contribution in [1.82, 2.24) is 0 Å². The van der Waals surface area contributed by atoms with Gasteiger partial charge in [-0.2, -0.15) is 0 Å². The van der Waals surface area contributed by atoms with Crippen molar-refractivity contribution < 1.29 is 0 Å². The van der Waals surface area contributed by atoms with Gasteiger partial charge in [-0.25, -0.2) is 0 Å². The first-order valence-corrected chi connectivity index (χ1v) is 5.63. The fourth-order valence-corrected chi connectivity index (χ4v) is 3.27. The van der Waals surface area contributed by atoms with Crippen LogP contribution in [0.4, 0.5) is 0 Å². The van der Waals surface area contributed by atoms with E-state index in [4.69, 9.17) is 11.6 Å². The van der Waals surface area contributed by atoms with Gasteiger partial charge in [-0.3, -0.25) is 0 Å². The molecule has 15 heavy (non-hydrogen) atoms. The Balaban J connectivity index is 2.17. The Bertz CT molecular complexity index is 551. The van der Waals surface area contributed by atoms with Gasteiger partial charge in [-0.05, 0) is 58.4 Å². The smallest absolute Gasteiger partial charge is 0.0412 e. The maximum atomic E-state index is 6.13. The van der Waals surface area contributed by atoms with E-state index < -0.39 is 0 Å². The summed E-state index contributed by atoms with van der Waals surface area (Å²) in [6, 6.07) is 10.9. The highest BCUT2D eigenvalue weighted by Crippen LogP contribution is 2.47. The lowest BCUT2D eigenvalue weighted by molar-refractivity contribution is 1.19. The van der Waals surface area contributed by atoms with E-state index in [0.29, 0.717) is 0 Å². The average molecular weight is 213 g/mol. The van der Waals surface area contributed by atoms with E-state index in [2.05, 4.69) is 30.3 Å². The van der Waals surface area contributed by atoms with Gasteiger partial charge < -0.3 is 0 Å². The Morgan fingerprint density at radius 2 is 1.33 bits per heavy atom. The van der Waals surface area contributed by atoms with Crippen molar-refractivity contribution in [1.29, 1.82) is 0 Å². The van der Waals surface area contributed by atoms with Gasteiger partial charge in [0, 0.05) is 5.02 Å². The Morgan fingerprint density at radius 3 is 1.93 bits per heavy atom. The van der Waals surface area contributed by atoms with E-state index in [-0.39, 0.29) is 0 Å². The van der Waals surface area contributed by atoms with Crippen LogP contribution in [0.1, 0.15) is 22.3 Å². The molecule has 2 aliphatic rings. The normalized spacial score (nSPS) is 14.5. The first kappa shape index (κ1) is 7.95. The predicted molar refractivity (Wildman–Crippen MR) is 62.5 cm³/mol. The molecular formula is C14H9Cl. The maximum absolute atomic E-state index is 6.13. The highest BCUT2D eigenvalue weighted by Gasteiger charge is 2.29. The zero-order chi connectivity index (χ0) is 9.99. The van der Waals surface area contributed by atoms with Gasteiger partial charge in [0.2, 0.25) is 0 Å². The highest BCUT2D eigenvalue weighted by molar-refractivity contribution is 6.31. The van der Waals surface area contributed by atoms with E-state index in [9.17, 15) is 0 Å². The van der Waals surface area contributed by atoms with Crippen LogP contribution in [0.25, 0.3) is 11.1 Å². The number of benzene rings is 2. The minimum absolute atomic E-state index is 0.884. The topological polar surface area (TPSA) is 0 Å². The minimum atomic E-state index is 0.884. The van der Waals surface area contributed by atoms with Crippen molar-refractivity contribution in [2.45, 2.75) is 12.8 Å². The van der Waals surface area contributed by atoms with E-state index >= 15 is 0 Å². The summed E-state index contributed by atoms with van der Waals surface area (Å²) >= 11 is 6.13. The molecular weight excluding hydrogens is 204 g/mol. The van der Waals surface area contributed by atoms with Crippen LogP contribution in [0, 0.1) is 0 Å². The Labute approximate surface area is 93.5 Å². The SMILES string of the molecule is Clc1cc2c3c(c1)Cc1cccc(c1-3)C2. The Kier molecular flexibility index (Phi) is 1.30. The number of rotatable bonds is 0. The van der Waals surface area contributed by atoms with Crippen molar-refractivity contribution in [3.63, 3.8) is 0 Å². The van der Waals surface area contributed by atoms with Gasteiger partial charge in [0.05, 0.1) is 0 Å². The molecule has 0 amide bonds. The molecule has 0 fully saturated rings. The number of halogens is 1. The van der Waals surface area contributed by atoms with Crippen molar-refractivity contribution in [3.8, 4) is 11.1 Å². The van der Waals surface area contributed by atoms with Crippen LogP contribution in [-0.4, -0.2) is 0 Å². The molecule has 72 valence electrons. The fourth-order valence-electron chi connectivity index (χ4n) is 3.00. The molecule has 0 unspecified atom stereocenters. The molecule has 0 bridgehead atoms. The summed E-state index contributed by atoms with van der Waals surface area (Å²) in [5.41, 5.74) is 8.76. The van der Waals surface area contributed by atoms with Gasteiger partial charge in [0.15, 0.2) is 0 Å². The van der Waals surface area contributed by atoms with Crippen LogP contribution >= 0.6 is 11.6 Å². The first-order chi connectivity index (χ1) is 7.33. The molecule has 0 spiro atoms. The predicted octanol–water partition coefficient (Wildman–Crippen LogP) is 3.82. The molecule has 1 heteroatoms. The molecule has 2 aromatic carbocycles. The molecule has 0 saturated heterocycles. The monoisotopic (exact) mass is 212 g/mol. The zero-order valence-corrected chi connectivity index (χ0v) is 8.93. The van der Waals surface area contributed by atoms with Crippen LogP contribution in [0.3, 0.4) is 0 Å². The van der Waals surface area contributed by atoms with Crippen molar-refractivity contribution in [3.05, 3.63) is 57.6 Å². The molecule has 0 heterocycles. The van der Waals surface area contributed by atoms with E-state index in [1.165, 1.54) is 33.4 Å². The highest BCUT2D eigenvalue weighted by atomic mass is 35.5. The molecule has 2 aliphatic carbocycles. The molecule has 0 aliphatic heterocycles. The second-order valence-electron chi connectivity index (χ2n) is 4.40. The summed E-state index contributed by atoms with van der Waals surface area (Å²) in [5.74, 6) is 0. The lowest BCUT2D eigenvalue weighted by atomic mass is 10.0. The summed E-state index contributed by atoms with van der Waals surface area (Å²) < 4.78 is 0.